The summed E-state index contributed by atoms with van der Waals surface area (Å²) in [5, 5.41) is 0. The zero-order valence-corrected chi connectivity index (χ0v) is 14.0. The summed E-state index contributed by atoms with van der Waals surface area (Å²) in [7, 11) is 0. The summed E-state index contributed by atoms with van der Waals surface area (Å²) in [4.78, 5) is 11.7. The van der Waals surface area contributed by atoms with E-state index in [2.05, 4.69) is 20.8 Å². The molecule has 4 bridgehead atoms. The molecule has 0 N–H and O–H groups in total. The van der Waals surface area contributed by atoms with Gasteiger partial charge in [0, 0.05) is 5.41 Å². The van der Waals surface area contributed by atoms with E-state index in [0.29, 0.717) is 16.2 Å². The van der Waals surface area contributed by atoms with Crippen LogP contribution < -0.4 is 0 Å². The van der Waals surface area contributed by atoms with Gasteiger partial charge in [0.1, 0.15) is 6.29 Å². The van der Waals surface area contributed by atoms with Crippen LogP contribution in [0.1, 0.15) is 72.1 Å². The monoisotopic (exact) mass is 286 g/mol. The smallest absolute Gasteiger partial charge is 0.126 e. The Hall–Kier alpha value is -0.330. The van der Waals surface area contributed by atoms with E-state index in [1.165, 1.54) is 57.7 Å². The van der Waals surface area contributed by atoms with E-state index in [4.69, 9.17) is 0 Å². The van der Waals surface area contributed by atoms with Crippen LogP contribution in [0.25, 0.3) is 0 Å². The number of aldehydes is 1. The lowest BCUT2D eigenvalue weighted by molar-refractivity contribution is -0.161. The predicted molar refractivity (Wildman–Crippen MR) is 83.7 cm³/mol. The molecular formula is C20H30O. The van der Waals surface area contributed by atoms with E-state index in [-0.39, 0.29) is 5.41 Å². The maximum atomic E-state index is 11.7. The summed E-state index contributed by atoms with van der Waals surface area (Å²) in [6.07, 6.45) is 12.6. The van der Waals surface area contributed by atoms with Gasteiger partial charge >= 0.3 is 0 Å². The van der Waals surface area contributed by atoms with Crippen LogP contribution in [-0.2, 0) is 4.79 Å². The average molecular weight is 286 g/mol. The molecule has 0 heterocycles. The maximum absolute atomic E-state index is 11.7. The molecule has 116 valence electrons. The molecular weight excluding hydrogens is 256 g/mol. The number of hydrogen-bond donors (Lipinski definition) is 0. The maximum Gasteiger partial charge on any atom is 0.126 e. The van der Waals surface area contributed by atoms with Crippen LogP contribution in [0.4, 0.5) is 0 Å². The van der Waals surface area contributed by atoms with Crippen molar-refractivity contribution >= 4 is 6.29 Å². The van der Waals surface area contributed by atoms with Gasteiger partial charge in [0.15, 0.2) is 0 Å². The summed E-state index contributed by atoms with van der Waals surface area (Å²) in [5.74, 6) is 3.43. The van der Waals surface area contributed by atoms with Crippen molar-refractivity contribution in [1.82, 2.24) is 0 Å². The fourth-order valence-corrected chi connectivity index (χ4v) is 8.78. The van der Waals surface area contributed by atoms with Gasteiger partial charge in [0.2, 0.25) is 0 Å². The Morgan fingerprint density at radius 3 is 2.52 bits per heavy atom. The van der Waals surface area contributed by atoms with Crippen LogP contribution in [0.2, 0.25) is 0 Å². The molecule has 6 fully saturated rings. The van der Waals surface area contributed by atoms with Crippen molar-refractivity contribution in [3.05, 3.63) is 0 Å². The minimum Gasteiger partial charge on any atom is -0.303 e. The lowest BCUT2D eigenvalue weighted by atomic mass is 9.40. The highest BCUT2D eigenvalue weighted by atomic mass is 16.1. The van der Waals surface area contributed by atoms with Crippen LogP contribution in [0.15, 0.2) is 0 Å². The number of carbonyl (C=O) groups is 1. The Morgan fingerprint density at radius 2 is 1.81 bits per heavy atom. The lowest BCUT2D eigenvalue weighted by Gasteiger charge is -2.65. The van der Waals surface area contributed by atoms with Gasteiger partial charge in [-0.15, -0.1) is 0 Å². The fourth-order valence-electron chi connectivity index (χ4n) is 8.78. The number of carbonyl (C=O) groups excluding carboxylic acids is 1. The van der Waals surface area contributed by atoms with E-state index < -0.39 is 0 Å². The Balaban J connectivity index is 1.56. The molecule has 6 aliphatic rings. The zero-order valence-electron chi connectivity index (χ0n) is 14.0. The summed E-state index contributed by atoms with van der Waals surface area (Å²) in [5.41, 5.74) is 1.85. The van der Waals surface area contributed by atoms with Crippen molar-refractivity contribution < 1.29 is 4.79 Å². The summed E-state index contributed by atoms with van der Waals surface area (Å²) >= 11 is 0. The first kappa shape index (κ1) is 13.1. The highest BCUT2D eigenvalue weighted by molar-refractivity contribution is 5.68. The molecule has 0 aromatic carbocycles. The second-order valence-electron chi connectivity index (χ2n) is 10.4. The van der Waals surface area contributed by atoms with Crippen molar-refractivity contribution in [2.24, 2.45) is 45.3 Å². The molecule has 6 aliphatic carbocycles. The minimum absolute atomic E-state index is 0.171. The van der Waals surface area contributed by atoms with E-state index >= 15 is 0 Å². The molecule has 7 atom stereocenters. The first-order chi connectivity index (χ1) is 9.88. The SMILES string of the molecule is CC1(C)CCC[C@]2(C)C1CC[C@@]13C[C@H]4[C@@H](C[C@H]12)[C@]4(C=O)C3. The van der Waals surface area contributed by atoms with Gasteiger partial charge < -0.3 is 4.79 Å². The average Bonchev–Trinajstić information content (AvgIpc) is 2.93. The van der Waals surface area contributed by atoms with E-state index in [9.17, 15) is 4.79 Å². The molecule has 1 nitrogen and oxygen atoms in total. The summed E-state index contributed by atoms with van der Waals surface area (Å²) in [6, 6.07) is 0. The van der Waals surface area contributed by atoms with Crippen molar-refractivity contribution in [3.63, 3.8) is 0 Å². The number of hydrogen-bond acceptors (Lipinski definition) is 1. The first-order valence-corrected chi connectivity index (χ1v) is 9.34. The van der Waals surface area contributed by atoms with Gasteiger partial charge in [-0.25, -0.2) is 0 Å². The third kappa shape index (κ3) is 1.27. The van der Waals surface area contributed by atoms with E-state index in [1.807, 2.05) is 0 Å². The number of fused-ring (bicyclic) bond motifs is 1. The van der Waals surface area contributed by atoms with Gasteiger partial charge in [0.05, 0.1) is 0 Å². The third-order valence-corrected chi connectivity index (χ3v) is 9.49. The predicted octanol–water partition coefficient (Wildman–Crippen LogP) is 4.84. The van der Waals surface area contributed by atoms with Crippen molar-refractivity contribution in [3.8, 4) is 0 Å². The van der Waals surface area contributed by atoms with Crippen LogP contribution >= 0.6 is 0 Å². The van der Waals surface area contributed by atoms with Crippen LogP contribution in [0.5, 0.6) is 0 Å². The minimum atomic E-state index is 0.171. The Bertz CT molecular complexity index is 522. The molecule has 1 heteroatoms. The molecule has 0 radical (unpaired) electrons. The number of rotatable bonds is 1. The highest BCUT2D eigenvalue weighted by Crippen LogP contribution is 2.85. The fraction of sp³-hybridized carbons (Fsp3) is 0.950. The van der Waals surface area contributed by atoms with Gasteiger partial charge in [-0.3, -0.25) is 0 Å². The second-order valence-corrected chi connectivity index (χ2v) is 10.4. The normalized spacial score (nSPS) is 62.6. The van der Waals surface area contributed by atoms with Crippen LogP contribution in [0.3, 0.4) is 0 Å². The molecule has 0 aromatic rings. The van der Waals surface area contributed by atoms with Crippen molar-refractivity contribution in [2.75, 3.05) is 0 Å². The molecule has 0 aromatic heterocycles. The second kappa shape index (κ2) is 3.44. The molecule has 0 amide bonds. The summed E-state index contributed by atoms with van der Waals surface area (Å²) < 4.78 is 0. The quantitative estimate of drug-likeness (QED) is 0.630. The highest BCUT2D eigenvalue weighted by Gasteiger charge is 2.80. The lowest BCUT2D eigenvalue weighted by Crippen LogP contribution is -2.57. The topological polar surface area (TPSA) is 17.1 Å². The van der Waals surface area contributed by atoms with Crippen LogP contribution in [-0.4, -0.2) is 6.29 Å². The molecule has 6 saturated carbocycles. The first-order valence-electron chi connectivity index (χ1n) is 9.34. The standard InChI is InChI=1S/C20H30O/c1-17(2)6-4-7-18(3)15(17)5-8-19-10-14-13(9-16(18)19)20(14,11-19)12-21/h12-16H,4-11H2,1-3H3/t13-,14+,15?,16+,18-,19+,20-/m1/s1. The van der Waals surface area contributed by atoms with Crippen molar-refractivity contribution in [1.29, 1.82) is 0 Å². The molecule has 1 spiro atoms. The molecule has 21 heavy (non-hydrogen) atoms. The molecule has 0 saturated heterocycles. The van der Waals surface area contributed by atoms with Gasteiger partial charge in [-0.1, -0.05) is 27.2 Å². The van der Waals surface area contributed by atoms with Gasteiger partial charge in [-0.05, 0) is 84.9 Å². The Labute approximate surface area is 129 Å². The summed E-state index contributed by atoms with van der Waals surface area (Å²) in [6.45, 7) is 7.71. The largest absolute Gasteiger partial charge is 0.303 e. The van der Waals surface area contributed by atoms with Gasteiger partial charge in [0.25, 0.3) is 0 Å². The molecule has 1 unspecified atom stereocenters. The Morgan fingerprint density at radius 1 is 1.00 bits per heavy atom. The van der Waals surface area contributed by atoms with Gasteiger partial charge in [-0.2, -0.15) is 0 Å². The third-order valence-electron chi connectivity index (χ3n) is 9.49. The molecule has 0 aliphatic heterocycles. The van der Waals surface area contributed by atoms with Crippen molar-refractivity contribution in [2.45, 2.75) is 72.1 Å². The molecule has 6 rings (SSSR count). The van der Waals surface area contributed by atoms with E-state index in [0.717, 1.165) is 23.7 Å². The van der Waals surface area contributed by atoms with Crippen LogP contribution in [0, 0.1) is 45.3 Å². The zero-order chi connectivity index (χ0) is 14.7. The Kier molecular flexibility index (Phi) is 2.15. The van der Waals surface area contributed by atoms with E-state index in [1.54, 1.807) is 0 Å².